The Labute approximate surface area is 192 Å². The van der Waals surface area contributed by atoms with Crippen LogP contribution >= 0.6 is 0 Å². The number of anilines is 1. The molecule has 1 saturated carbocycles. The van der Waals surface area contributed by atoms with E-state index in [2.05, 4.69) is 32.5 Å². The van der Waals surface area contributed by atoms with Crippen LogP contribution in [0, 0.1) is 19.8 Å². The fourth-order valence-corrected chi connectivity index (χ4v) is 5.52. The number of rotatable bonds is 3. The van der Waals surface area contributed by atoms with Crippen LogP contribution in [0.5, 0.6) is 0 Å². The van der Waals surface area contributed by atoms with Gasteiger partial charge in [-0.15, -0.1) is 5.10 Å². The van der Waals surface area contributed by atoms with E-state index in [1.807, 2.05) is 48.4 Å². The standard InChI is InChI=1S/C24H25N7O2.H2/c1-14-9-19-12-24(11-14,22-26-16(3)29-33-22)31(19)23(32)27-17-7-6-15(2)20(10-17)21-25-13-18-5-4-8-30(18)28-21;/h4-8,10,13-14,19H,9,11-12H2,1-3H3,(H,27,32);1H/t14-,19+,24-;/m1./s1. The molecule has 4 heterocycles. The first-order chi connectivity index (χ1) is 15.9. The molecule has 9 nitrogen and oxygen atoms in total. The minimum Gasteiger partial charge on any atom is -0.337 e. The number of carbonyl (C=O) groups excluding carboxylic acids is 1. The highest BCUT2D eigenvalue weighted by Crippen LogP contribution is 2.55. The molecule has 3 atom stereocenters. The molecule has 1 aromatic carbocycles. The molecule has 2 amide bonds. The molecule has 0 radical (unpaired) electrons. The lowest BCUT2D eigenvalue weighted by Crippen LogP contribution is -2.70. The van der Waals surface area contributed by atoms with Gasteiger partial charge in [-0.25, -0.2) is 14.3 Å². The highest BCUT2D eigenvalue weighted by atomic mass is 16.5. The number of amides is 2. The first-order valence-electron chi connectivity index (χ1n) is 11.3. The molecule has 3 aromatic heterocycles. The van der Waals surface area contributed by atoms with Crippen LogP contribution in [-0.2, 0) is 5.54 Å². The molecule has 1 aliphatic heterocycles. The molecule has 0 spiro atoms. The molecule has 1 N–H and O–H groups in total. The van der Waals surface area contributed by atoms with Crippen LogP contribution in [0.15, 0.2) is 47.2 Å². The van der Waals surface area contributed by atoms with Crippen molar-refractivity contribution in [2.75, 3.05) is 5.32 Å². The third-order valence-electron chi connectivity index (χ3n) is 6.91. The third-order valence-corrected chi connectivity index (χ3v) is 6.91. The molecular formula is C24H27N7O2. The van der Waals surface area contributed by atoms with Gasteiger partial charge in [0, 0.05) is 31.3 Å². The molecule has 4 aromatic rings. The summed E-state index contributed by atoms with van der Waals surface area (Å²) in [6, 6.07) is 9.73. The maximum absolute atomic E-state index is 13.5. The minimum absolute atomic E-state index is 0. The summed E-state index contributed by atoms with van der Waals surface area (Å²) in [5, 5.41) is 11.7. The summed E-state index contributed by atoms with van der Waals surface area (Å²) in [7, 11) is 0. The van der Waals surface area contributed by atoms with Gasteiger partial charge in [0.2, 0.25) is 0 Å². The number of likely N-dealkylation sites (tertiary alicyclic amines) is 1. The van der Waals surface area contributed by atoms with Crippen molar-refractivity contribution in [2.45, 2.75) is 51.6 Å². The van der Waals surface area contributed by atoms with Gasteiger partial charge >= 0.3 is 6.03 Å². The van der Waals surface area contributed by atoms with Gasteiger partial charge < -0.3 is 14.7 Å². The molecular weight excluding hydrogens is 418 g/mol. The zero-order valence-corrected chi connectivity index (χ0v) is 18.8. The van der Waals surface area contributed by atoms with E-state index in [1.165, 1.54) is 0 Å². The number of aromatic nitrogens is 5. The topological polar surface area (TPSA) is 101 Å². The van der Waals surface area contributed by atoms with Gasteiger partial charge in [0.05, 0.1) is 11.7 Å². The average Bonchev–Trinajstić information content (AvgIpc) is 3.43. The minimum atomic E-state index is -0.524. The Bertz CT molecular complexity index is 1380. The Kier molecular flexibility index (Phi) is 4.30. The van der Waals surface area contributed by atoms with E-state index >= 15 is 0 Å². The molecule has 170 valence electrons. The number of aryl methyl sites for hydroxylation is 2. The van der Waals surface area contributed by atoms with E-state index in [-0.39, 0.29) is 13.5 Å². The van der Waals surface area contributed by atoms with Crippen molar-refractivity contribution >= 4 is 17.2 Å². The number of piperidine rings is 1. The molecule has 1 aliphatic carbocycles. The van der Waals surface area contributed by atoms with Crippen molar-refractivity contribution in [1.29, 1.82) is 0 Å². The van der Waals surface area contributed by atoms with E-state index in [1.54, 1.807) is 17.6 Å². The second kappa shape index (κ2) is 7.13. The van der Waals surface area contributed by atoms with Gasteiger partial charge in [-0.1, -0.05) is 18.1 Å². The van der Waals surface area contributed by atoms with Crippen molar-refractivity contribution in [3.8, 4) is 11.4 Å². The van der Waals surface area contributed by atoms with Crippen molar-refractivity contribution in [2.24, 2.45) is 5.92 Å². The number of benzene rings is 1. The van der Waals surface area contributed by atoms with Gasteiger partial charge in [0.15, 0.2) is 11.6 Å². The molecule has 9 heteroatoms. The quantitative estimate of drug-likeness (QED) is 0.496. The fraction of sp³-hybridized carbons (Fsp3) is 0.375. The van der Waals surface area contributed by atoms with Gasteiger partial charge in [-0.3, -0.25) is 0 Å². The lowest BCUT2D eigenvalue weighted by atomic mass is 9.64. The Hall–Kier alpha value is -3.75. The third kappa shape index (κ3) is 3.10. The van der Waals surface area contributed by atoms with Gasteiger partial charge in [0.25, 0.3) is 5.89 Å². The molecule has 33 heavy (non-hydrogen) atoms. The first kappa shape index (κ1) is 19.9. The molecule has 1 saturated heterocycles. The van der Waals surface area contributed by atoms with Gasteiger partial charge in [-0.05, 0) is 62.4 Å². The van der Waals surface area contributed by atoms with Crippen LogP contribution in [-0.4, -0.2) is 41.7 Å². The fourth-order valence-electron chi connectivity index (χ4n) is 5.52. The van der Waals surface area contributed by atoms with Crippen LogP contribution < -0.4 is 5.32 Å². The monoisotopic (exact) mass is 445 g/mol. The SMILES string of the molecule is Cc1noc([C@@]23C[C@H](C)C[C@@H](C2)N3C(=O)Nc2ccc(C)c(-c3ncc4cccn4n3)c2)n1.[HH]. The number of carbonyl (C=O) groups is 1. The zero-order chi connectivity index (χ0) is 22.7. The number of hydrogen-bond donors (Lipinski definition) is 1. The smallest absolute Gasteiger partial charge is 0.323 e. The van der Waals surface area contributed by atoms with Crippen molar-refractivity contribution < 1.29 is 10.7 Å². The second-order valence-corrected chi connectivity index (χ2v) is 9.37. The van der Waals surface area contributed by atoms with Crippen LogP contribution in [0.4, 0.5) is 10.5 Å². The summed E-state index contributed by atoms with van der Waals surface area (Å²) in [4.78, 5) is 24.4. The van der Waals surface area contributed by atoms with Crippen LogP contribution in [0.25, 0.3) is 16.9 Å². The highest BCUT2D eigenvalue weighted by Gasteiger charge is 2.62. The normalized spacial score (nSPS) is 24.0. The summed E-state index contributed by atoms with van der Waals surface area (Å²) in [5.74, 6) is 2.23. The molecule has 2 aliphatic rings. The zero-order valence-electron chi connectivity index (χ0n) is 18.8. The molecule has 0 unspecified atom stereocenters. The first-order valence-corrected chi connectivity index (χ1v) is 11.3. The largest absolute Gasteiger partial charge is 0.337 e. The predicted octanol–water partition coefficient (Wildman–Crippen LogP) is 4.57. The van der Waals surface area contributed by atoms with Crippen LogP contribution in [0.3, 0.4) is 0 Å². The summed E-state index contributed by atoms with van der Waals surface area (Å²) in [6.07, 6.45) is 6.35. The summed E-state index contributed by atoms with van der Waals surface area (Å²) in [6.45, 7) is 6.03. The Morgan fingerprint density at radius 2 is 2.15 bits per heavy atom. The van der Waals surface area contributed by atoms with Crippen LogP contribution in [0.1, 0.15) is 44.9 Å². The average molecular weight is 446 g/mol. The predicted molar refractivity (Wildman–Crippen MR) is 124 cm³/mol. The number of urea groups is 1. The molecule has 2 bridgehead atoms. The second-order valence-electron chi connectivity index (χ2n) is 9.37. The molecule has 2 fully saturated rings. The highest BCUT2D eigenvalue weighted by molar-refractivity contribution is 5.92. The number of nitrogens with one attached hydrogen (secondary N) is 1. The summed E-state index contributed by atoms with van der Waals surface area (Å²) >= 11 is 0. The van der Waals surface area contributed by atoms with Gasteiger partial charge in [0.1, 0.15) is 5.54 Å². The van der Waals surface area contributed by atoms with Crippen molar-refractivity contribution in [1.82, 2.24) is 29.6 Å². The summed E-state index contributed by atoms with van der Waals surface area (Å²) in [5.41, 5.74) is 3.02. The number of hydrogen-bond acceptors (Lipinski definition) is 6. The van der Waals surface area contributed by atoms with E-state index in [4.69, 9.17) is 4.52 Å². The van der Waals surface area contributed by atoms with Crippen molar-refractivity contribution in [3.63, 3.8) is 0 Å². The lowest BCUT2D eigenvalue weighted by Gasteiger charge is -2.61. The maximum Gasteiger partial charge on any atom is 0.323 e. The maximum atomic E-state index is 13.5. The Balaban J connectivity index is 0.00000241. The summed E-state index contributed by atoms with van der Waals surface area (Å²) < 4.78 is 7.34. The number of fused-ring (bicyclic) bond motifs is 3. The van der Waals surface area contributed by atoms with E-state index in [0.717, 1.165) is 35.9 Å². The van der Waals surface area contributed by atoms with Gasteiger partial charge in [-0.2, -0.15) is 4.98 Å². The van der Waals surface area contributed by atoms with E-state index < -0.39 is 5.54 Å². The Morgan fingerprint density at radius 1 is 1.27 bits per heavy atom. The van der Waals surface area contributed by atoms with E-state index in [9.17, 15) is 4.79 Å². The lowest BCUT2D eigenvalue weighted by molar-refractivity contribution is -0.111. The van der Waals surface area contributed by atoms with Crippen molar-refractivity contribution in [3.05, 3.63) is 60.0 Å². The number of nitrogens with zero attached hydrogens (tertiary/aromatic N) is 6. The van der Waals surface area contributed by atoms with Crippen LogP contribution in [0.2, 0.25) is 0 Å². The van der Waals surface area contributed by atoms with E-state index in [0.29, 0.717) is 29.1 Å². The Morgan fingerprint density at radius 3 is 2.97 bits per heavy atom. The molecule has 6 rings (SSSR count).